The van der Waals surface area contributed by atoms with E-state index >= 15 is 0 Å². The van der Waals surface area contributed by atoms with E-state index in [9.17, 15) is 4.79 Å². The fourth-order valence-electron chi connectivity index (χ4n) is 3.60. The van der Waals surface area contributed by atoms with Gasteiger partial charge >= 0.3 is 5.69 Å². The number of hydrogen-bond donors (Lipinski definition) is 1. The number of nitrogens with zero attached hydrogens (tertiary/aromatic N) is 4. The van der Waals surface area contributed by atoms with Crippen LogP contribution in [0.5, 0.6) is 0 Å². The zero-order valence-electron chi connectivity index (χ0n) is 16.5. The summed E-state index contributed by atoms with van der Waals surface area (Å²) in [5, 5.41) is 10.0. The number of nitrogens with two attached hydrogens (primary N) is 1. The molecule has 146 valence electrons. The highest BCUT2D eigenvalue weighted by Crippen LogP contribution is 2.34. The van der Waals surface area contributed by atoms with Gasteiger partial charge in [0.15, 0.2) is 5.76 Å². The number of rotatable bonds is 4. The molecule has 0 amide bonds. The molecule has 0 aliphatic rings. The summed E-state index contributed by atoms with van der Waals surface area (Å²) in [6.07, 6.45) is 0. The van der Waals surface area contributed by atoms with E-state index in [1.165, 1.54) is 9.36 Å². The third-order valence-electron chi connectivity index (χ3n) is 5.08. The number of hydrogen-bond acceptors (Lipinski definition) is 5. The maximum absolute atomic E-state index is 12.5. The molecule has 0 unspecified atom stereocenters. The molecule has 0 atom stereocenters. The summed E-state index contributed by atoms with van der Waals surface area (Å²) in [5.41, 5.74) is 3.67. The number of aromatic nitrogens is 4. The van der Waals surface area contributed by atoms with Crippen LogP contribution in [0.3, 0.4) is 0 Å². The van der Waals surface area contributed by atoms with Crippen molar-refractivity contribution in [1.82, 2.24) is 19.8 Å². The summed E-state index contributed by atoms with van der Waals surface area (Å²) in [6, 6.07) is 19.8. The molecule has 0 radical (unpaired) electrons. The average Bonchev–Trinajstić information content (AvgIpc) is 3.07. The van der Waals surface area contributed by atoms with Gasteiger partial charge in [-0.3, -0.25) is 0 Å². The van der Waals surface area contributed by atoms with Crippen LogP contribution in [0.15, 0.2) is 65.5 Å². The smallest absolute Gasteiger partial charge is 0.368 e. The first-order valence-corrected chi connectivity index (χ1v) is 9.18. The lowest BCUT2D eigenvalue weighted by atomic mass is 9.94. The minimum Gasteiger partial charge on any atom is -0.410 e. The SMILES string of the molecule is C/C(=C(\ON)c1c(C)cccc1-n1nnn(C)c1=O)c1cccc2ccccc12. The summed E-state index contributed by atoms with van der Waals surface area (Å²) in [7, 11) is 1.55. The van der Waals surface area contributed by atoms with Gasteiger partial charge in [-0.2, -0.15) is 15.3 Å². The van der Waals surface area contributed by atoms with Crippen LogP contribution in [-0.4, -0.2) is 19.8 Å². The molecule has 1 heterocycles. The summed E-state index contributed by atoms with van der Waals surface area (Å²) in [4.78, 5) is 17.9. The molecule has 4 aromatic rings. The van der Waals surface area contributed by atoms with Crippen LogP contribution in [0.1, 0.15) is 23.6 Å². The van der Waals surface area contributed by atoms with Gasteiger partial charge < -0.3 is 4.84 Å². The highest BCUT2D eigenvalue weighted by molar-refractivity contribution is 6.00. The van der Waals surface area contributed by atoms with Gasteiger partial charge in [0, 0.05) is 18.2 Å². The molecule has 1 aromatic heterocycles. The van der Waals surface area contributed by atoms with E-state index < -0.39 is 0 Å². The molecule has 4 rings (SSSR count). The van der Waals surface area contributed by atoms with E-state index in [0.29, 0.717) is 17.0 Å². The third kappa shape index (κ3) is 3.11. The number of tetrazole rings is 1. The zero-order valence-corrected chi connectivity index (χ0v) is 16.5. The van der Waals surface area contributed by atoms with Crippen molar-refractivity contribution in [2.75, 3.05) is 0 Å². The van der Waals surface area contributed by atoms with Crippen molar-refractivity contribution in [2.45, 2.75) is 13.8 Å². The van der Waals surface area contributed by atoms with Gasteiger partial charge in [-0.25, -0.2) is 4.79 Å². The second-order valence-corrected chi connectivity index (χ2v) is 6.86. The zero-order chi connectivity index (χ0) is 20.5. The van der Waals surface area contributed by atoms with Crippen molar-refractivity contribution in [3.8, 4) is 5.69 Å². The lowest BCUT2D eigenvalue weighted by molar-refractivity contribution is 0.291. The molecule has 0 aliphatic carbocycles. The molecule has 0 spiro atoms. The predicted octanol–water partition coefficient (Wildman–Crippen LogP) is 3.21. The van der Waals surface area contributed by atoms with Crippen molar-refractivity contribution in [1.29, 1.82) is 0 Å². The Kier molecular flexibility index (Phi) is 4.74. The van der Waals surface area contributed by atoms with E-state index in [1.807, 2.05) is 50.2 Å². The Hall–Kier alpha value is -3.71. The Morgan fingerprint density at radius 2 is 1.72 bits per heavy atom. The average molecular weight is 387 g/mol. The molecule has 0 aliphatic heterocycles. The van der Waals surface area contributed by atoms with Crippen molar-refractivity contribution >= 4 is 22.1 Å². The normalized spacial score (nSPS) is 12.1. The minimum absolute atomic E-state index is 0.351. The first kappa shape index (κ1) is 18.6. The van der Waals surface area contributed by atoms with E-state index in [0.717, 1.165) is 27.5 Å². The maximum Gasteiger partial charge on any atom is 0.368 e. The van der Waals surface area contributed by atoms with Gasteiger partial charge in [-0.1, -0.05) is 54.6 Å². The number of benzene rings is 3. The monoisotopic (exact) mass is 387 g/mol. The van der Waals surface area contributed by atoms with E-state index in [4.69, 9.17) is 10.7 Å². The second kappa shape index (κ2) is 7.37. The van der Waals surface area contributed by atoms with Gasteiger partial charge in [0.05, 0.1) is 5.69 Å². The third-order valence-corrected chi connectivity index (χ3v) is 5.08. The standard InChI is InChI=1S/C22H21N5O2/c1-14-8-6-13-19(27-22(28)26(3)24-25-27)20(14)21(29-23)15(2)17-12-7-10-16-9-4-5-11-18(16)17/h4-13H,23H2,1-3H3/b21-15+. The van der Waals surface area contributed by atoms with Crippen LogP contribution in [0.2, 0.25) is 0 Å². The highest BCUT2D eigenvalue weighted by atomic mass is 16.6. The van der Waals surface area contributed by atoms with Gasteiger partial charge in [0.1, 0.15) is 0 Å². The number of allylic oxidation sites excluding steroid dienone is 1. The van der Waals surface area contributed by atoms with Gasteiger partial charge in [-0.05, 0) is 52.2 Å². The van der Waals surface area contributed by atoms with Crippen molar-refractivity contribution in [2.24, 2.45) is 12.9 Å². The second-order valence-electron chi connectivity index (χ2n) is 6.86. The lowest BCUT2D eigenvalue weighted by Gasteiger charge is -2.17. The summed E-state index contributed by atoms with van der Waals surface area (Å²) in [6.45, 7) is 3.90. The fourth-order valence-corrected chi connectivity index (χ4v) is 3.60. The van der Waals surface area contributed by atoms with Crippen LogP contribution in [0.4, 0.5) is 0 Å². The highest BCUT2D eigenvalue weighted by Gasteiger charge is 2.20. The summed E-state index contributed by atoms with van der Waals surface area (Å²) >= 11 is 0. The quantitative estimate of drug-likeness (QED) is 0.330. The van der Waals surface area contributed by atoms with Gasteiger partial charge in [0.2, 0.25) is 0 Å². The number of fused-ring (bicyclic) bond motifs is 1. The van der Waals surface area contributed by atoms with E-state index in [1.54, 1.807) is 13.1 Å². The van der Waals surface area contributed by atoms with Crippen molar-refractivity contribution in [3.63, 3.8) is 0 Å². The van der Waals surface area contributed by atoms with Gasteiger partial charge in [0.25, 0.3) is 0 Å². The van der Waals surface area contributed by atoms with Crippen LogP contribution >= 0.6 is 0 Å². The summed E-state index contributed by atoms with van der Waals surface area (Å²) < 4.78 is 2.42. The van der Waals surface area contributed by atoms with E-state index in [-0.39, 0.29) is 5.69 Å². The van der Waals surface area contributed by atoms with Crippen LogP contribution in [-0.2, 0) is 11.9 Å². The van der Waals surface area contributed by atoms with E-state index in [2.05, 4.69) is 28.6 Å². The molecular weight excluding hydrogens is 366 g/mol. The Balaban J connectivity index is 2.02. The fraction of sp³-hybridized carbons (Fsp3) is 0.136. The molecule has 0 bridgehead atoms. The van der Waals surface area contributed by atoms with Crippen LogP contribution < -0.4 is 11.6 Å². The first-order chi connectivity index (χ1) is 14.0. The molecular formula is C22H21N5O2. The Bertz CT molecular complexity index is 1290. The topological polar surface area (TPSA) is 88.0 Å². The molecule has 0 saturated heterocycles. The molecule has 29 heavy (non-hydrogen) atoms. The van der Waals surface area contributed by atoms with Crippen LogP contribution in [0.25, 0.3) is 27.8 Å². The Morgan fingerprint density at radius 1 is 1.00 bits per heavy atom. The Morgan fingerprint density at radius 3 is 2.45 bits per heavy atom. The Labute approximate surface area is 167 Å². The van der Waals surface area contributed by atoms with Crippen LogP contribution in [0, 0.1) is 6.92 Å². The van der Waals surface area contributed by atoms with Gasteiger partial charge in [-0.15, -0.1) is 0 Å². The molecule has 7 nitrogen and oxygen atoms in total. The molecule has 3 aromatic carbocycles. The molecule has 7 heteroatoms. The molecule has 2 N–H and O–H groups in total. The predicted molar refractivity (Wildman–Crippen MR) is 113 cm³/mol. The van der Waals surface area contributed by atoms with Crippen molar-refractivity contribution < 1.29 is 4.84 Å². The maximum atomic E-state index is 12.5. The molecule has 0 saturated carbocycles. The number of aryl methyl sites for hydroxylation is 2. The molecule has 0 fully saturated rings. The first-order valence-electron chi connectivity index (χ1n) is 9.18. The summed E-state index contributed by atoms with van der Waals surface area (Å²) in [5.74, 6) is 6.24. The lowest BCUT2D eigenvalue weighted by Crippen LogP contribution is -2.23. The van der Waals surface area contributed by atoms with Crippen molar-refractivity contribution in [3.05, 3.63) is 87.8 Å². The largest absolute Gasteiger partial charge is 0.410 e. The minimum atomic E-state index is -0.351.